The third kappa shape index (κ3) is 6.47. The fourth-order valence-corrected chi connectivity index (χ4v) is 4.13. The minimum atomic E-state index is 0. The summed E-state index contributed by atoms with van der Waals surface area (Å²) in [6.07, 6.45) is 3.07. The van der Waals surface area contributed by atoms with Gasteiger partial charge in [0.2, 0.25) is 0 Å². The molecule has 1 fully saturated rings. The van der Waals surface area contributed by atoms with Gasteiger partial charge >= 0.3 is 0 Å². The molecular formula is C21H30IN3OS. The molecule has 0 saturated carbocycles. The Morgan fingerprint density at radius 3 is 2.56 bits per heavy atom. The molecule has 0 atom stereocenters. The van der Waals surface area contributed by atoms with Crippen LogP contribution in [0.5, 0.6) is 0 Å². The summed E-state index contributed by atoms with van der Waals surface area (Å²) in [5, 5.41) is 8.99. The number of rotatable bonds is 7. The molecule has 2 aromatic rings. The van der Waals surface area contributed by atoms with Gasteiger partial charge in [-0.1, -0.05) is 36.4 Å². The molecule has 6 heteroatoms. The highest BCUT2D eigenvalue weighted by Crippen LogP contribution is 2.35. The van der Waals surface area contributed by atoms with Crippen molar-refractivity contribution in [2.45, 2.75) is 31.6 Å². The zero-order chi connectivity index (χ0) is 18.1. The predicted octanol–water partition coefficient (Wildman–Crippen LogP) is 4.21. The second kappa shape index (κ2) is 11.7. The highest BCUT2D eigenvalue weighted by Gasteiger charge is 2.34. The predicted molar refractivity (Wildman–Crippen MR) is 126 cm³/mol. The second-order valence-corrected chi connectivity index (χ2v) is 7.74. The summed E-state index contributed by atoms with van der Waals surface area (Å²) in [7, 11) is 0. The van der Waals surface area contributed by atoms with Gasteiger partial charge in [-0.05, 0) is 43.2 Å². The van der Waals surface area contributed by atoms with E-state index in [1.165, 1.54) is 10.4 Å². The molecule has 0 radical (unpaired) electrons. The third-order valence-corrected chi connectivity index (χ3v) is 5.90. The van der Waals surface area contributed by atoms with Crippen LogP contribution < -0.4 is 10.6 Å². The van der Waals surface area contributed by atoms with Crippen molar-refractivity contribution in [1.29, 1.82) is 0 Å². The molecule has 1 aromatic carbocycles. The van der Waals surface area contributed by atoms with Gasteiger partial charge in [0.25, 0.3) is 0 Å². The van der Waals surface area contributed by atoms with Gasteiger partial charge in [0.1, 0.15) is 0 Å². The molecule has 1 aliphatic heterocycles. The van der Waals surface area contributed by atoms with Crippen LogP contribution in [-0.4, -0.2) is 38.8 Å². The molecule has 0 bridgehead atoms. The number of nitrogens with zero attached hydrogens (tertiary/aromatic N) is 1. The van der Waals surface area contributed by atoms with E-state index in [4.69, 9.17) is 9.73 Å². The van der Waals surface area contributed by atoms with Crippen LogP contribution in [0.25, 0.3) is 0 Å². The van der Waals surface area contributed by atoms with Gasteiger partial charge in [0.05, 0.1) is 6.54 Å². The van der Waals surface area contributed by atoms with E-state index in [1.54, 1.807) is 11.3 Å². The second-order valence-electron chi connectivity index (χ2n) is 6.71. The van der Waals surface area contributed by atoms with E-state index >= 15 is 0 Å². The Labute approximate surface area is 183 Å². The molecule has 0 unspecified atom stereocenters. The molecule has 1 aliphatic rings. The molecule has 4 nitrogen and oxygen atoms in total. The Morgan fingerprint density at radius 2 is 1.89 bits per heavy atom. The third-order valence-electron chi connectivity index (χ3n) is 4.96. The minimum Gasteiger partial charge on any atom is -0.381 e. The fraction of sp³-hybridized carbons (Fsp3) is 0.476. The van der Waals surface area contributed by atoms with E-state index in [0.717, 1.165) is 58.1 Å². The Bertz CT molecular complexity index is 670. The summed E-state index contributed by atoms with van der Waals surface area (Å²) in [6, 6.07) is 15.1. The summed E-state index contributed by atoms with van der Waals surface area (Å²) < 4.78 is 5.63. The van der Waals surface area contributed by atoms with Gasteiger partial charge < -0.3 is 15.4 Å². The van der Waals surface area contributed by atoms with Crippen LogP contribution in [-0.2, 0) is 16.6 Å². The van der Waals surface area contributed by atoms with Crippen LogP contribution >= 0.6 is 35.3 Å². The lowest BCUT2D eigenvalue weighted by atomic mass is 9.74. The normalized spacial score (nSPS) is 16.4. The van der Waals surface area contributed by atoms with E-state index < -0.39 is 0 Å². The van der Waals surface area contributed by atoms with Crippen molar-refractivity contribution in [3.8, 4) is 0 Å². The fourth-order valence-electron chi connectivity index (χ4n) is 3.42. The maximum Gasteiger partial charge on any atom is 0.191 e. The number of halogens is 1. The zero-order valence-corrected chi connectivity index (χ0v) is 19.1. The van der Waals surface area contributed by atoms with Crippen LogP contribution in [0.4, 0.5) is 0 Å². The molecule has 1 saturated heterocycles. The molecule has 2 heterocycles. The molecule has 1 aromatic heterocycles. The van der Waals surface area contributed by atoms with E-state index in [0.29, 0.717) is 0 Å². The summed E-state index contributed by atoms with van der Waals surface area (Å²) in [5.41, 5.74) is 1.46. The molecular weight excluding hydrogens is 469 g/mol. The molecule has 0 amide bonds. The number of guanidine groups is 1. The number of thiophene rings is 1. The van der Waals surface area contributed by atoms with E-state index in [1.807, 2.05) is 0 Å². The first-order chi connectivity index (χ1) is 12.8. The van der Waals surface area contributed by atoms with Gasteiger partial charge in [0, 0.05) is 36.6 Å². The smallest absolute Gasteiger partial charge is 0.191 e. The summed E-state index contributed by atoms with van der Waals surface area (Å²) in [6.45, 7) is 6.28. The topological polar surface area (TPSA) is 45.7 Å². The molecule has 2 N–H and O–H groups in total. The average molecular weight is 499 g/mol. The monoisotopic (exact) mass is 499 g/mol. The largest absolute Gasteiger partial charge is 0.381 e. The van der Waals surface area contributed by atoms with Crippen molar-refractivity contribution in [2.75, 3.05) is 32.8 Å². The molecule has 27 heavy (non-hydrogen) atoms. The van der Waals surface area contributed by atoms with Crippen LogP contribution in [0.15, 0.2) is 52.8 Å². The SMILES string of the molecule is CCNC(=NCC1(c2ccccc2)CCOCC1)NCCc1cccs1.I. The maximum absolute atomic E-state index is 5.63. The minimum absolute atomic E-state index is 0. The lowest BCUT2D eigenvalue weighted by molar-refractivity contribution is 0.0531. The van der Waals surface area contributed by atoms with Crippen molar-refractivity contribution in [2.24, 2.45) is 4.99 Å². The zero-order valence-electron chi connectivity index (χ0n) is 15.9. The summed E-state index contributed by atoms with van der Waals surface area (Å²) in [5.74, 6) is 0.908. The summed E-state index contributed by atoms with van der Waals surface area (Å²) in [4.78, 5) is 6.35. The molecule has 3 rings (SSSR count). The van der Waals surface area contributed by atoms with Crippen LogP contribution in [0, 0.1) is 0 Å². The average Bonchev–Trinajstić information content (AvgIpc) is 3.21. The number of aliphatic imine (C=N–C) groups is 1. The highest BCUT2D eigenvalue weighted by molar-refractivity contribution is 14.0. The Morgan fingerprint density at radius 1 is 1.11 bits per heavy atom. The first-order valence-corrected chi connectivity index (χ1v) is 10.4. The van der Waals surface area contributed by atoms with E-state index in [9.17, 15) is 0 Å². The first kappa shape index (κ1) is 22.2. The van der Waals surface area contributed by atoms with Crippen LogP contribution in [0.2, 0.25) is 0 Å². The van der Waals surface area contributed by atoms with Gasteiger partial charge in [-0.2, -0.15) is 0 Å². The van der Waals surface area contributed by atoms with Gasteiger partial charge in [-0.25, -0.2) is 0 Å². The van der Waals surface area contributed by atoms with Crippen molar-refractivity contribution < 1.29 is 4.74 Å². The van der Waals surface area contributed by atoms with Gasteiger partial charge in [-0.15, -0.1) is 35.3 Å². The first-order valence-electron chi connectivity index (χ1n) is 9.50. The number of ether oxygens (including phenoxy) is 1. The van der Waals surface area contributed by atoms with Crippen molar-refractivity contribution in [3.05, 3.63) is 58.3 Å². The number of hydrogen-bond acceptors (Lipinski definition) is 3. The Balaban J connectivity index is 0.00000261. The lowest BCUT2D eigenvalue weighted by Crippen LogP contribution is -2.41. The van der Waals surface area contributed by atoms with Gasteiger partial charge in [0.15, 0.2) is 5.96 Å². The Hall–Kier alpha value is -1.12. The number of hydrogen-bond donors (Lipinski definition) is 2. The maximum atomic E-state index is 5.63. The highest BCUT2D eigenvalue weighted by atomic mass is 127. The quantitative estimate of drug-likeness (QED) is 0.341. The Kier molecular flexibility index (Phi) is 9.58. The standard InChI is InChI=1S/C21H29N3OS.HI/c1-2-22-20(23-13-10-19-9-6-16-26-19)24-17-21(11-14-25-15-12-21)18-7-4-3-5-8-18;/h3-9,16H,2,10-15,17H2,1H3,(H2,22,23,24);1H. The number of nitrogens with one attached hydrogen (secondary N) is 2. The van der Waals surface area contributed by atoms with Gasteiger partial charge in [-0.3, -0.25) is 4.99 Å². The molecule has 0 aliphatic carbocycles. The van der Waals surface area contributed by atoms with E-state index in [2.05, 4.69) is 65.4 Å². The van der Waals surface area contributed by atoms with Crippen molar-refractivity contribution in [1.82, 2.24) is 10.6 Å². The number of benzene rings is 1. The van der Waals surface area contributed by atoms with Crippen molar-refractivity contribution in [3.63, 3.8) is 0 Å². The summed E-state index contributed by atoms with van der Waals surface area (Å²) >= 11 is 1.81. The molecule has 148 valence electrons. The lowest BCUT2D eigenvalue weighted by Gasteiger charge is -2.36. The van der Waals surface area contributed by atoms with Crippen LogP contribution in [0.1, 0.15) is 30.2 Å². The van der Waals surface area contributed by atoms with E-state index in [-0.39, 0.29) is 29.4 Å². The molecule has 0 spiro atoms. The van der Waals surface area contributed by atoms with Crippen molar-refractivity contribution >= 4 is 41.3 Å². The van der Waals surface area contributed by atoms with Crippen LogP contribution in [0.3, 0.4) is 0 Å².